The van der Waals surface area contributed by atoms with E-state index in [1.165, 1.54) is 37.9 Å². The fourth-order valence-electron chi connectivity index (χ4n) is 1.92. The Balaban J connectivity index is 1.40. The first-order valence-corrected chi connectivity index (χ1v) is 6.16. The maximum absolute atomic E-state index is 4.58. The number of nitrogens with zero attached hydrogens (tertiary/aromatic N) is 2. The van der Waals surface area contributed by atoms with Crippen LogP contribution in [0.25, 0.3) is 0 Å². The molecule has 1 heterocycles. The lowest BCUT2D eigenvalue weighted by Gasteiger charge is -2.03. The molecule has 2 saturated carbocycles. The van der Waals surface area contributed by atoms with E-state index in [2.05, 4.69) is 27.4 Å². The third kappa shape index (κ3) is 2.59. The maximum atomic E-state index is 4.58. The van der Waals surface area contributed by atoms with Gasteiger partial charge in [-0.25, -0.2) is 0 Å². The Morgan fingerprint density at radius 2 is 2.20 bits per heavy atom. The van der Waals surface area contributed by atoms with E-state index in [0.29, 0.717) is 0 Å². The van der Waals surface area contributed by atoms with Crippen LogP contribution in [0.2, 0.25) is 0 Å². The third-order valence-electron chi connectivity index (χ3n) is 3.30. The molecule has 2 aliphatic rings. The molecule has 2 fully saturated rings. The Labute approximate surface area is 90.9 Å². The molecule has 3 nitrogen and oxygen atoms in total. The van der Waals surface area contributed by atoms with Crippen LogP contribution in [0, 0.1) is 5.92 Å². The lowest BCUT2D eigenvalue weighted by molar-refractivity contribution is 0.538. The number of nitrogens with one attached hydrogen (secondary N) is 1. The van der Waals surface area contributed by atoms with E-state index in [-0.39, 0.29) is 0 Å². The number of rotatable bonds is 6. The van der Waals surface area contributed by atoms with Gasteiger partial charge in [0.2, 0.25) is 0 Å². The van der Waals surface area contributed by atoms with Crippen LogP contribution in [0.3, 0.4) is 0 Å². The number of aromatic nitrogens is 2. The highest BCUT2D eigenvalue weighted by Gasteiger charge is 2.25. The summed E-state index contributed by atoms with van der Waals surface area (Å²) in [5.74, 6) is 1.76. The lowest BCUT2D eigenvalue weighted by atomic mass is 10.3. The molecule has 0 bridgehead atoms. The van der Waals surface area contributed by atoms with E-state index >= 15 is 0 Å². The quantitative estimate of drug-likeness (QED) is 0.717. The van der Waals surface area contributed by atoms with Gasteiger partial charge in [-0.2, -0.15) is 5.10 Å². The van der Waals surface area contributed by atoms with Crippen LogP contribution in [0.5, 0.6) is 0 Å². The average molecular weight is 205 g/mol. The molecule has 0 unspecified atom stereocenters. The average Bonchev–Trinajstić information content (AvgIpc) is 3.14. The van der Waals surface area contributed by atoms with Crippen molar-refractivity contribution in [2.75, 3.05) is 13.1 Å². The van der Waals surface area contributed by atoms with Crippen molar-refractivity contribution in [1.82, 2.24) is 15.1 Å². The Bertz CT molecular complexity index is 323. The summed E-state index contributed by atoms with van der Waals surface area (Å²) in [5.41, 5.74) is 1.30. The van der Waals surface area contributed by atoms with Gasteiger partial charge >= 0.3 is 0 Å². The molecule has 1 aromatic rings. The minimum atomic E-state index is 0.783. The van der Waals surface area contributed by atoms with Gasteiger partial charge in [-0.1, -0.05) is 0 Å². The molecule has 3 rings (SSSR count). The molecule has 2 aliphatic carbocycles. The van der Waals surface area contributed by atoms with Crippen LogP contribution in [-0.4, -0.2) is 22.9 Å². The summed E-state index contributed by atoms with van der Waals surface area (Å²) in [6.07, 6.45) is 7.67. The second-order valence-electron chi connectivity index (χ2n) is 4.93. The number of hydrogen-bond donors (Lipinski definition) is 1. The Kier molecular flexibility index (Phi) is 2.49. The van der Waals surface area contributed by atoms with Crippen LogP contribution in [0.1, 0.15) is 37.3 Å². The standard InChI is InChI=1S/C12H19N3/c1-2-10(1)9-13-6-8-15-7-5-12(14-15)11-3-4-11/h5,7,10-11,13H,1-4,6,8-9H2. The molecule has 0 aliphatic heterocycles. The normalized spacial score (nSPS) is 20.8. The second kappa shape index (κ2) is 3.97. The van der Waals surface area contributed by atoms with Gasteiger partial charge in [0.15, 0.2) is 0 Å². The fraction of sp³-hybridized carbons (Fsp3) is 0.750. The molecule has 0 radical (unpaired) electrons. The molecule has 0 aromatic carbocycles. The Morgan fingerprint density at radius 3 is 2.93 bits per heavy atom. The highest BCUT2D eigenvalue weighted by molar-refractivity contribution is 5.12. The van der Waals surface area contributed by atoms with Crippen LogP contribution < -0.4 is 5.32 Å². The van der Waals surface area contributed by atoms with E-state index in [1.54, 1.807) is 0 Å². The minimum Gasteiger partial charge on any atom is -0.315 e. The highest BCUT2D eigenvalue weighted by atomic mass is 15.3. The van der Waals surface area contributed by atoms with Gasteiger partial charge in [0, 0.05) is 18.7 Å². The van der Waals surface area contributed by atoms with E-state index in [9.17, 15) is 0 Å². The summed E-state index contributed by atoms with van der Waals surface area (Å²) in [6.45, 7) is 3.28. The van der Waals surface area contributed by atoms with Crippen LogP contribution in [0.15, 0.2) is 12.3 Å². The van der Waals surface area contributed by atoms with Crippen LogP contribution in [-0.2, 0) is 6.54 Å². The Morgan fingerprint density at radius 1 is 1.33 bits per heavy atom. The first-order chi connectivity index (χ1) is 7.42. The summed E-state index contributed by atoms with van der Waals surface area (Å²) in [5, 5.41) is 8.07. The van der Waals surface area contributed by atoms with Crippen molar-refractivity contribution < 1.29 is 0 Å². The monoisotopic (exact) mass is 205 g/mol. The molecule has 1 aromatic heterocycles. The summed E-state index contributed by atoms with van der Waals surface area (Å²) < 4.78 is 2.08. The van der Waals surface area contributed by atoms with Gasteiger partial charge < -0.3 is 5.32 Å². The van der Waals surface area contributed by atoms with E-state index in [1.807, 2.05) is 0 Å². The smallest absolute Gasteiger partial charge is 0.0655 e. The predicted molar refractivity (Wildman–Crippen MR) is 59.8 cm³/mol. The molecule has 0 saturated heterocycles. The van der Waals surface area contributed by atoms with Crippen molar-refractivity contribution in [2.45, 2.75) is 38.1 Å². The van der Waals surface area contributed by atoms with Gasteiger partial charge in [-0.15, -0.1) is 0 Å². The summed E-state index contributed by atoms with van der Waals surface area (Å²) in [4.78, 5) is 0. The van der Waals surface area contributed by atoms with Crippen molar-refractivity contribution in [3.63, 3.8) is 0 Å². The van der Waals surface area contributed by atoms with Crippen LogP contribution in [0.4, 0.5) is 0 Å². The van der Waals surface area contributed by atoms with E-state index in [4.69, 9.17) is 0 Å². The third-order valence-corrected chi connectivity index (χ3v) is 3.30. The molecule has 3 heteroatoms. The van der Waals surface area contributed by atoms with Crippen molar-refractivity contribution in [1.29, 1.82) is 0 Å². The van der Waals surface area contributed by atoms with Gasteiger partial charge in [0.05, 0.1) is 12.2 Å². The van der Waals surface area contributed by atoms with Crippen molar-refractivity contribution >= 4 is 0 Å². The molecular weight excluding hydrogens is 186 g/mol. The van der Waals surface area contributed by atoms with E-state index in [0.717, 1.165) is 24.9 Å². The highest BCUT2D eigenvalue weighted by Crippen LogP contribution is 2.38. The minimum absolute atomic E-state index is 0.783. The lowest BCUT2D eigenvalue weighted by Crippen LogP contribution is -2.22. The summed E-state index contributed by atoms with van der Waals surface area (Å²) in [7, 11) is 0. The van der Waals surface area contributed by atoms with Gasteiger partial charge in [-0.05, 0) is 44.2 Å². The van der Waals surface area contributed by atoms with Gasteiger partial charge in [0.1, 0.15) is 0 Å². The largest absolute Gasteiger partial charge is 0.315 e. The SMILES string of the molecule is c1cn(CCNCC2CC2)nc1C1CC1. The zero-order chi connectivity index (χ0) is 10.1. The molecule has 1 N–H and O–H groups in total. The first kappa shape index (κ1) is 9.40. The van der Waals surface area contributed by atoms with Gasteiger partial charge in [0.25, 0.3) is 0 Å². The fourth-order valence-corrected chi connectivity index (χ4v) is 1.92. The summed E-state index contributed by atoms with van der Waals surface area (Å²) in [6, 6.07) is 2.18. The molecule has 15 heavy (non-hydrogen) atoms. The van der Waals surface area contributed by atoms with Crippen molar-refractivity contribution in [3.05, 3.63) is 18.0 Å². The Hall–Kier alpha value is -0.830. The molecule has 0 atom stereocenters. The maximum Gasteiger partial charge on any atom is 0.0655 e. The first-order valence-electron chi connectivity index (χ1n) is 6.16. The van der Waals surface area contributed by atoms with Crippen molar-refractivity contribution in [2.24, 2.45) is 5.92 Å². The summed E-state index contributed by atoms with van der Waals surface area (Å²) >= 11 is 0. The van der Waals surface area contributed by atoms with Crippen LogP contribution >= 0.6 is 0 Å². The van der Waals surface area contributed by atoms with Crippen molar-refractivity contribution in [3.8, 4) is 0 Å². The molecule has 0 amide bonds. The van der Waals surface area contributed by atoms with Gasteiger partial charge in [-0.3, -0.25) is 4.68 Å². The zero-order valence-electron chi connectivity index (χ0n) is 9.15. The molecule has 0 spiro atoms. The second-order valence-corrected chi connectivity index (χ2v) is 4.93. The molecule has 82 valence electrons. The predicted octanol–water partition coefficient (Wildman–Crippen LogP) is 1.76. The van der Waals surface area contributed by atoms with E-state index < -0.39 is 0 Å². The zero-order valence-corrected chi connectivity index (χ0v) is 9.15. The molecular formula is C12H19N3. The number of hydrogen-bond acceptors (Lipinski definition) is 2. The topological polar surface area (TPSA) is 29.9 Å².